The van der Waals surface area contributed by atoms with E-state index < -0.39 is 24.2 Å². The Kier molecular flexibility index (Phi) is 1.89. The summed E-state index contributed by atoms with van der Waals surface area (Å²) < 4.78 is 0. The number of carboxylic acids is 1. The quantitative estimate of drug-likeness (QED) is 0.343. The molecule has 3 atom stereocenters. The summed E-state index contributed by atoms with van der Waals surface area (Å²) in [7, 11) is 0. The number of carbonyl (C=O) groups is 1. The Morgan fingerprint density at radius 3 is 2.30 bits per heavy atom. The van der Waals surface area contributed by atoms with Crippen molar-refractivity contribution in [3.05, 3.63) is 0 Å². The van der Waals surface area contributed by atoms with E-state index in [4.69, 9.17) is 15.3 Å². The van der Waals surface area contributed by atoms with Crippen LogP contribution < -0.4 is 5.32 Å². The van der Waals surface area contributed by atoms with Gasteiger partial charge < -0.3 is 15.3 Å². The molecule has 0 aromatic heterocycles. The van der Waals surface area contributed by atoms with E-state index >= 15 is 0 Å². The van der Waals surface area contributed by atoms with Gasteiger partial charge in [-0.05, 0) is 0 Å². The second kappa shape index (κ2) is 2.53. The number of rotatable bonds is 1. The fourth-order valence-corrected chi connectivity index (χ4v) is 0.943. The second-order valence-corrected chi connectivity index (χ2v) is 2.29. The molecule has 58 valence electrons. The molecule has 4 N–H and O–H groups in total. The number of carboxylic acid groups (broad SMARTS) is 1. The lowest BCUT2D eigenvalue weighted by Crippen LogP contribution is -2.32. The maximum absolute atomic E-state index is 10.2. The van der Waals surface area contributed by atoms with Gasteiger partial charge in [0.25, 0.3) is 0 Å². The normalized spacial score (nSPS) is 40.0. The summed E-state index contributed by atoms with van der Waals surface area (Å²) in [4.78, 5) is 10.2. The Hall–Kier alpha value is -0.650. The van der Waals surface area contributed by atoms with E-state index in [9.17, 15) is 4.79 Å². The summed E-state index contributed by atoms with van der Waals surface area (Å²) in [5.41, 5.74) is 0. The number of hydrogen-bond acceptors (Lipinski definition) is 4. The van der Waals surface area contributed by atoms with Gasteiger partial charge in [-0.1, -0.05) is 0 Å². The van der Waals surface area contributed by atoms with Gasteiger partial charge in [-0.3, -0.25) is 10.1 Å². The largest absolute Gasteiger partial charge is 0.481 e. The Morgan fingerprint density at radius 2 is 2.10 bits per heavy atom. The van der Waals surface area contributed by atoms with Gasteiger partial charge in [0.05, 0.1) is 5.92 Å². The van der Waals surface area contributed by atoms with Gasteiger partial charge in [-0.2, -0.15) is 0 Å². The zero-order valence-electron chi connectivity index (χ0n) is 5.19. The molecule has 5 heteroatoms. The summed E-state index contributed by atoms with van der Waals surface area (Å²) in [5, 5.41) is 28.5. The molecule has 1 rings (SSSR count). The summed E-state index contributed by atoms with van der Waals surface area (Å²) in [6.07, 6.45) is -2.28. The SMILES string of the molecule is O=C(O)C1CNC(O)C1O. The first-order chi connectivity index (χ1) is 4.63. The van der Waals surface area contributed by atoms with Crippen LogP contribution in [0.2, 0.25) is 0 Å². The molecule has 0 saturated carbocycles. The highest BCUT2D eigenvalue weighted by Crippen LogP contribution is 2.12. The maximum Gasteiger partial charge on any atom is 0.310 e. The van der Waals surface area contributed by atoms with Crippen molar-refractivity contribution in [2.24, 2.45) is 5.92 Å². The minimum atomic E-state index is -1.18. The molecule has 0 radical (unpaired) electrons. The number of aliphatic hydroxyl groups is 2. The van der Waals surface area contributed by atoms with Crippen molar-refractivity contribution in [1.29, 1.82) is 0 Å². The highest BCUT2D eigenvalue weighted by Gasteiger charge is 2.37. The lowest BCUT2D eigenvalue weighted by atomic mass is 10.1. The van der Waals surface area contributed by atoms with E-state index in [1.54, 1.807) is 0 Å². The Bertz CT molecular complexity index is 149. The van der Waals surface area contributed by atoms with Crippen molar-refractivity contribution in [2.45, 2.75) is 12.3 Å². The van der Waals surface area contributed by atoms with Crippen molar-refractivity contribution in [3.63, 3.8) is 0 Å². The van der Waals surface area contributed by atoms with E-state index in [0.717, 1.165) is 0 Å². The Balaban J connectivity index is 2.57. The van der Waals surface area contributed by atoms with Crippen LogP contribution in [0.3, 0.4) is 0 Å². The number of hydrogen-bond donors (Lipinski definition) is 4. The van der Waals surface area contributed by atoms with Crippen LogP contribution >= 0.6 is 0 Å². The highest BCUT2D eigenvalue weighted by atomic mass is 16.4. The van der Waals surface area contributed by atoms with Crippen LogP contribution in [0.25, 0.3) is 0 Å². The molecular formula is C5H9NO4. The van der Waals surface area contributed by atoms with Gasteiger partial charge >= 0.3 is 5.97 Å². The fourth-order valence-electron chi connectivity index (χ4n) is 0.943. The van der Waals surface area contributed by atoms with E-state index in [0.29, 0.717) is 0 Å². The van der Waals surface area contributed by atoms with Crippen LogP contribution in [-0.2, 0) is 4.79 Å². The van der Waals surface area contributed by atoms with Gasteiger partial charge in [0.1, 0.15) is 12.3 Å². The maximum atomic E-state index is 10.2. The lowest BCUT2D eigenvalue weighted by molar-refractivity contribution is -0.145. The zero-order valence-corrected chi connectivity index (χ0v) is 5.19. The topological polar surface area (TPSA) is 89.8 Å². The lowest BCUT2D eigenvalue weighted by Gasteiger charge is -2.09. The predicted molar refractivity (Wildman–Crippen MR) is 31.1 cm³/mol. The molecule has 3 unspecified atom stereocenters. The molecule has 1 saturated heterocycles. The van der Waals surface area contributed by atoms with Crippen LogP contribution in [0.4, 0.5) is 0 Å². The molecule has 1 heterocycles. The Labute approximate surface area is 57.3 Å². The zero-order chi connectivity index (χ0) is 7.72. The second-order valence-electron chi connectivity index (χ2n) is 2.29. The molecule has 1 aliphatic rings. The molecule has 10 heavy (non-hydrogen) atoms. The summed E-state index contributed by atoms with van der Waals surface area (Å²) in [5.74, 6) is -1.97. The van der Waals surface area contributed by atoms with Gasteiger partial charge in [-0.25, -0.2) is 0 Å². The van der Waals surface area contributed by atoms with Gasteiger partial charge in [0.2, 0.25) is 0 Å². The highest BCUT2D eigenvalue weighted by molar-refractivity contribution is 5.71. The van der Waals surface area contributed by atoms with Crippen LogP contribution in [0, 0.1) is 5.92 Å². The van der Waals surface area contributed by atoms with Crippen molar-refractivity contribution in [2.75, 3.05) is 6.54 Å². The first-order valence-electron chi connectivity index (χ1n) is 2.95. The number of aliphatic hydroxyl groups excluding tert-OH is 2. The molecule has 0 aromatic rings. The third kappa shape index (κ3) is 1.11. The van der Waals surface area contributed by atoms with E-state index in [2.05, 4.69) is 5.32 Å². The summed E-state index contributed by atoms with van der Waals surface area (Å²) >= 11 is 0. The molecule has 0 bridgehead atoms. The molecular weight excluding hydrogens is 138 g/mol. The average molecular weight is 147 g/mol. The Morgan fingerprint density at radius 1 is 1.50 bits per heavy atom. The summed E-state index contributed by atoms with van der Waals surface area (Å²) in [6, 6.07) is 0. The molecule has 0 aliphatic carbocycles. The molecule has 1 fully saturated rings. The predicted octanol–water partition coefficient (Wildman–Crippen LogP) is -2.03. The van der Waals surface area contributed by atoms with Crippen LogP contribution in [0.5, 0.6) is 0 Å². The van der Waals surface area contributed by atoms with Crippen LogP contribution in [0.1, 0.15) is 0 Å². The van der Waals surface area contributed by atoms with Crippen molar-refractivity contribution in [1.82, 2.24) is 5.32 Å². The number of nitrogens with one attached hydrogen (secondary N) is 1. The van der Waals surface area contributed by atoms with Gasteiger partial charge in [0, 0.05) is 6.54 Å². The van der Waals surface area contributed by atoms with E-state index in [1.807, 2.05) is 0 Å². The summed E-state index contributed by atoms with van der Waals surface area (Å²) in [6.45, 7) is 0.123. The fraction of sp³-hybridized carbons (Fsp3) is 0.800. The first kappa shape index (κ1) is 7.46. The monoisotopic (exact) mass is 147 g/mol. The molecule has 5 nitrogen and oxygen atoms in total. The van der Waals surface area contributed by atoms with Crippen molar-refractivity contribution >= 4 is 5.97 Å². The molecule has 0 aromatic carbocycles. The smallest absolute Gasteiger partial charge is 0.310 e. The third-order valence-electron chi connectivity index (χ3n) is 1.60. The average Bonchev–Trinajstić information content (AvgIpc) is 2.14. The third-order valence-corrected chi connectivity index (χ3v) is 1.60. The minimum Gasteiger partial charge on any atom is -0.481 e. The molecule has 0 amide bonds. The van der Waals surface area contributed by atoms with Gasteiger partial charge in [-0.15, -0.1) is 0 Å². The first-order valence-corrected chi connectivity index (χ1v) is 2.95. The van der Waals surface area contributed by atoms with E-state index in [1.165, 1.54) is 0 Å². The van der Waals surface area contributed by atoms with Crippen molar-refractivity contribution in [3.8, 4) is 0 Å². The van der Waals surface area contributed by atoms with Gasteiger partial charge in [0.15, 0.2) is 0 Å². The molecule has 0 spiro atoms. The minimum absolute atomic E-state index is 0.123. The van der Waals surface area contributed by atoms with Crippen LogP contribution in [-0.4, -0.2) is 40.2 Å². The number of aliphatic carboxylic acids is 1. The standard InChI is InChI=1S/C5H9NO4/c7-3-2(5(9)10)1-6-4(3)8/h2-4,6-8H,1H2,(H,9,10). The molecule has 1 aliphatic heterocycles. The van der Waals surface area contributed by atoms with Crippen molar-refractivity contribution < 1.29 is 20.1 Å². The van der Waals surface area contributed by atoms with Crippen LogP contribution in [0.15, 0.2) is 0 Å². The van der Waals surface area contributed by atoms with E-state index in [-0.39, 0.29) is 6.54 Å².